The van der Waals surface area contributed by atoms with Crippen LogP contribution in [0.3, 0.4) is 0 Å². The van der Waals surface area contributed by atoms with Crippen LogP contribution in [0.4, 0.5) is 8.78 Å². The van der Waals surface area contributed by atoms with Gasteiger partial charge >= 0.3 is 0 Å². The number of halogens is 2. The van der Waals surface area contributed by atoms with Crippen LogP contribution in [0.25, 0.3) is 10.8 Å². The maximum atomic E-state index is 12.6. The molecular weight excluding hydrogens is 196 g/mol. The Bertz CT molecular complexity index is 541. The van der Waals surface area contributed by atoms with Crippen molar-refractivity contribution in [2.24, 2.45) is 0 Å². The molecule has 0 bridgehead atoms. The Hall–Kier alpha value is -1.95. The van der Waals surface area contributed by atoms with Gasteiger partial charge in [-0.3, -0.25) is 0 Å². The van der Waals surface area contributed by atoms with Crippen LogP contribution in [0.2, 0.25) is 0 Å². The van der Waals surface area contributed by atoms with Gasteiger partial charge in [0.05, 0.1) is 5.56 Å². The third kappa shape index (κ3) is 1.55. The predicted molar refractivity (Wildman–Crippen MR) is 53.6 cm³/mol. The van der Waals surface area contributed by atoms with E-state index in [0.717, 1.165) is 5.39 Å². The fourth-order valence-corrected chi connectivity index (χ4v) is 1.60. The highest BCUT2D eigenvalue weighted by Gasteiger charge is 2.14. The number of hydrogen-bond donors (Lipinski definition) is 0. The van der Waals surface area contributed by atoms with Gasteiger partial charge in [-0.1, -0.05) is 36.4 Å². The van der Waals surface area contributed by atoms with Gasteiger partial charge in [0.2, 0.25) is 0 Å². The molecule has 0 spiro atoms. The lowest BCUT2D eigenvalue weighted by Crippen LogP contribution is -1.91. The summed E-state index contributed by atoms with van der Waals surface area (Å²) in [5, 5.41) is 10.3. The SMILES string of the molecule is N#Cc1c(C(F)F)ccc2ccccc12. The monoisotopic (exact) mass is 203 g/mol. The second kappa shape index (κ2) is 3.66. The first kappa shape index (κ1) is 9.60. The summed E-state index contributed by atoms with van der Waals surface area (Å²) in [6.45, 7) is 0. The number of hydrogen-bond acceptors (Lipinski definition) is 1. The van der Waals surface area contributed by atoms with E-state index < -0.39 is 6.43 Å². The second-order valence-electron chi connectivity index (χ2n) is 3.16. The lowest BCUT2D eigenvalue weighted by atomic mass is 10.0. The van der Waals surface area contributed by atoms with Crippen molar-refractivity contribution in [2.75, 3.05) is 0 Å². The summed E-state index contributed by atoms with van der Waals surface area (Å²) in [5.74, 6) is 0. The Morgan fingerprint density at radius 2 is 1.80 bits per heavy atom. The lowest BCUT2D eigenvalue weighted by molar-refractivity contribution is 0.151. The molecule has 3 heteroatoms. The van der Waals surface area contributed by atoms with E-state index in [1.54, 1.807) is 24.3 Å². The number of nitriles is 1. The van der Waals surface area contributed by atoms with E-state index in [1.165, 1.54) is 6.07 Å². The maximum absolute atomic E-state index is 12.6. The highest BCUT2D eigenvalue weighted by Crippen LogP contribution is 2.28. The van der Waals surface area contributed by atoms with Crippen molar-refractivity contribution in [2.45, 2.75) is 6.43 Å². The van der Waals surface area contributed by atoms with E-state index in [9.17, 15) is 8.78 Å². The quantitative estimate of drug-likeness (QED) is 0.694. The highest BCUT2D eigenvalue weighted by molar-refractivity contribution is 5.89. The van der Waals surface area contributed by atoms with E-state index >= 15 is 0 Å². The van der Waals surface area contributed by atoms with Crippen LogP contribution in [0.5, 0.6) is 0 Å². The van der Waals surface area contributed by atoms with Gasteiger partial charge < -0.3 is 0 Å². The zero-order valence-corrected chi connectivity index (χ0v) is 7.74. The molecule has 0 aliphatic rings. The molecule has 0 fully saturated rings. The van der Waals surface area contributed by atoms with E-state index in [0.29, 0.717) is 5.39 Å². The summed E-state index contributed by atoms with van der Waals surface area (Å²) in [6, 6.07) is 11.8. The first-order chi connectivity index (χ1) is 7.24. The number of rotatable bonds is 1. The van der Waals surface area contributed by atoms with E-state index in [2.05, 4.69) is 0 Å². The fourth-order valence-electron chi connectivity index (χ4n) is 1.60. The summed E-state index contributed by atoms with van der Waals surface area (Å²) in [6.07, 6.45) is -2.61. The predicted octanol–water partition coefficient (Wildman–Crippen LogP) is 3.65. The molecule has 0 aliphatic heterocycles. The first-order valence-corrected chi connectivity index (χ1v) is 4.44. The van der Waals surface area contributed by atoms with Gasteiger partial charge in [-0.05, 0) is 10.8 Å². The van der Waals surface area contributed by atoms with E-state index in [-0.39, 0.29) is 11.1 Å². The highest BCUT2D eigenvalue weighted by atomic mass is 19.3. The van der Waals surface area contributed by atoms with Gasteiger partial charge in [0.15, 0.2) is 0 Å². The Morgan fingerprint density at radius 1 is 1.07 bits per heavy atom. The topological polar surface area (TPSA) is 23.8 Å². The maximum Gasteiger partial charge on any atom is 0.265 e. The Morgan fingerprint density at radius 3 is 2.47 bits per heavy atom. The Balaban J connectivity index is 2.83. The Kier molecular flexibility index (Phi) is 2.34. The van der Waals surface area contributed by atoms with Gasteiger partial charge in [0.25, 0.3) is 6.43 Å². The van der Waals surface area contributed by atoms with Gasteiger partial charge in [-0.2, -0.15) is 5.26 Å². The molecule has 0 saturated heterocycles. The molecule has 0 heterocycles. The average Bonchev–Trinajstić information content (AvgIpc) is 2.27. The van der Waals surface area contributed by atoms with Gasteiger partial charge in [-0.15, -0.1) is 0 Å². The molecule has 2 rings (SSSR count). The molecule has 0 aliphatic carbocycles. The number of fused-ring (bicyclic) bond motifs is 1. The average molecular weight is 203 g/mol. The van der Waals surface area contributed by atoms with Crippen LogP contribution in [-0.4, -0.2) is 0 Å². The standard InChI is InChI=1S/C12H7F2N/c13-12(14)10-6-5-8-3-1-2-4-9(8)11(10)7-15/h1-6,12H. The van der Waals surface area contributed by atoms with Crippen LogP contribution in [-0.2, 0) is 0 Å². The third-order valence-electron chi connectivity index (χ3n) is 2.31. The second-order valence-corrected chi connectivity index (χ2v) is 3.16. The lowest BCUT2D eigenvalue weighted by Gasteiger charge is -2.05. The molecule has 2 aromatic rings. The van der Waals surface area contributed by atoms with Crippen molar-refractivity contribution in [3.05, 3.63) is 47.5 Å². The molecule has 0 amide bonds. The largest absolute Gasteiger partial charge is 0.265 e. The summed E-state index contributed by atoms with van der Waals surface area (Å²) in [4.78, 5) is 0. The molecule has 0 aromatic heterocycles. The van der Waals surface area contributed by atoms with Crippen LogP contribution in [0.15, 0.2) is 36.4 Å². The molecule has 0 unspecified atom stereocenters. The van der Waals surface area contributed by atoms with Crippen LogP contribution < -0.4 is 0 Å². The van der Waals surface area contributed by atoms with Crippen molar-refractivity contribution in [3.63, 3.8) is 0 Å². The van der Waals surface area contributed by atoms with Crippen molar-refractivity contribution in [1.29, 1.82) is 5.26 Å². The molecule has 15 heavy (non-hydrogen) atoms. The molecule has 0 radical (unpaired) electrons. The zero-order valence-electron chi connectivity index (χ0n) is 7.74. The number of nitrogens with zero attached hydrogens (tertiary/aromatic N) is 1. The van der Waals surface area contributed by atoms with Crippen molar-refractivity contribution in [1.82, 2.24) is 0 Å². The van der Waals surface area contributed by atoms with Crippen molar-refractivity contribution in [3.8, 4) is 6.07 Å². The van der Waals surface area contributed by atoms with E-state index in [4.69, 9.17) is 5.26 Å². The summed E-state index contributed by atoms with van der Waals surface area (Å²) < 4.78 is 25.2. The minimum atomic E-state index is -2.61. The molecular formula is C12H7F2N. The summed E-state index contributed by atoms with van der Waals surface area (Å²) in [5.41, 5.74) is -0.126. The van der Waals surface area contributed by atoms with Gasteiger partial charge in [0.1, 0.15) is 6.07 Å². The molecule has 0 N–H and O–H groups in total. The smallest absolute Gasteiger partial charge is 0.205 e. The van der Waals surface area contributed by atoms with Crippen molar-refractivity contribution < 1.29 is 8.78 Å². The molecule has 74 valence electrons. The van der Waals surface area contributed by atoms with Gasteiger partial charge in [-0.25, -0.2) is 8.78 Å². The summed E-state index contributed by atoms with van der Waals surface area (Å²) in [7, 11) is 0. The number of alkyl halides is 2. The minimum absolute atomic E-state index is 0.0723. The normalized spacial score (nSPS) is 10.5. The fraction of sp³-hybridized carbons (Fsp3) is 0.0833. The molecule has 2 aromatic carbocycles. The van der Waals surface area contributed by atoms with Crippen molar-refractivity contribution >= 4 is 10.8 Å². The van der Waals surface area contributed by atoms with Crippen LogP contribution in [0.1, 0.15) is 17.6 Å². The first-order valence-electron chi connectivity index (χ1n) is 4.44. The zero-order chi connectivity index (χ0) is 10.8. The molecule has 0 atom stereocenters. The molecule has 0 saturated carbocycles. The van der Waals surface area contributed by atoms with Crippen LogP contribution in [0, 0.1) is 11.3 Å². The molecule has 1 nitrogen and oxygen atoms in total. The third-order valence-corrected chi connectivity index (χ3v) is 2.31. The number of benzene rings is 2. The van der Waals surface area contributed by atoms with Crippen LogP contribution >= 0.6 is 0 Å². The summed E-state index contributed by atoms with van der Waals surface area (Å²) >= 11 is 0. The minimum Gasteiger partial charge on any atom is -0.205 e. The van der Waals surface area contributed by atoms with E-state index in [1.807, 2.05) is 12.1 Å². The Labute approximate surface area is 85.6 Å². The van der Waals surface area contributed by atoms with Gasteiger partial charge in [0, 0.05) is 5.56 Å².